The Morgan fingerprint density at radius 2 is 1.89 bits per heavy atom. The van der Waals surface area contributed by atoms with Crippen LogP contribution in [0.2, 0.25) is 0 Å². The molecule has 3 rings (SSSR count). The van der Waals surface area contributed by atoms with Crippen LogP contribution in [0.5, 0.6) is 0 Å². The third kappa shape index (κ3) is 1.64. The Labute approximate surface area is 117 Å². The summed E-state index contributed by atoms with van der Waals surface area (Å²) in [6, 6.07) is 0. The highest BCUT2D eigenvalue weighted by atomic mass is 16.4. The molecule has 1 N–H and O–H groups in total. The molecule has 3 fully saturated rings. The molecule has 1 unspecified atom stereocenters. The Balaban J connectivity index is 1.97. The Bertz CT molecular complexity index is 400. The molecule has 0 aromatic carbocycles. The molecule has 1 spiro atoms. The summed E-state index contributed by atoms with van der Waals surface area (Å²) in [7, 11) is 0. The van der Waals surface area contributed by atoms with Gasteiger partial charge in [-0.2, -0.15) is 0 Å². The van der Waals surface area contributed by atoms with Crippen molar-refractivity contribution in [2.45, 2.75) is 59.8 Å². The molecule has 0 saturated heterocycles. The van der Waals surface area contributed by atoms with Crippen LogP contribution in [-0.2, 0) is 4.79 Å². The first-order valence-electron chi connectivity index (χ1n) is 8.01. The monoisotopic (exact) mass is 264 g/mol. The van der Waals surface area contributed by atoms with Gasteiger partial charge in [-0.3, -0.25) is 4.79 Å². The minimum Gasteiger partial charge on any atom is -0.481 e. The molecule has 0 radical (unpaired) electrons. The van der Waals surface area contributed by atoms with E-state index >= 15 is 0 Å². The minimum atomic E-state index is -0.602. The standard InChI is InChI=1S/C17H28O2/c1-10-5-6-14-16(3,4)13-9-17(10,14)8-12(11(13)2)7-15(18)19/h10-14H,5-9H2,1-4H3,(H,18,19)/t10-,11-,12?,13+,14+,17+/m1/s1. The molecular weight excluding hydrogens is 236 g/mol. The SMILES string of the molecule is C[C@@H]1C(CC(=O)O)C[C@@]23C[C@@H]1C(C)(C)[C@@H]2CC[C@H]3C. The molecular formula is C17H28O2. The van der Waals surface area contributed by atoms with E-state index in [-0.39, 0.29) is 0 Å². The molecule has 3 saturated carbocycles. The Morgan fingerprint density at radius 3 is 2.53 bits per heavy atom. The van der Waals surface area contributed by atoms with E-state index in [1.54, 1.807) is 0 Å². The predicted octanol–water partition coefficient (Wildman–Crippen LogP) is 4.20. The molecule has 3 aliphatic rings. The van der Waals surface area contributed by atoms with Gasteiger partial charge >= 0.3 is 5.97 Å². The second-order valence-corrected chi connectivity index (χ2v) is 8.32. The summed E-state index contributed by atoms with van der Waals surface area (Å²) in [5.41, 5.74) is 0.887. The van der Waals surface area contributed by atoms with E-state index in [1.165, 1.54) is 25.7 Å². The first-order valence-corrected chi connectivity index (χ1v) is 8.01. The van der Waals surface area contributed by atoms with Crippen molar-refractivity contribution in [1.29, 1.82) is 0 Å². The van der Waals surface area contributed by atoms with E-state index in [4.69, 9.17) is 0 Å². The smallest absolute Gasteiger partial charge is 0.303 e. The molecule has 2 nitrogen and oxygen atoms in total. The van der Waals surface area contributed by atoms with E-state index in [9.17, 15) is 9.90 Å². The number of hydrogen-bond donors (Lipinski definition) is 1. The number of hydrogen-bond acceptors (Lipinski definition) is 1. The molecule has 2 heteroatoms. The van der Waals surface area contributed by atoms with Crippen molar-refractivity contribution in [3.05, 3.63) is 0 Å². The molecule has 0 aliphatic heterocycles. The maximum atomic E-state index is 11.2. The zero-order valence-corrected chi connectivity index (χ0v) is 12.8. The normalized spacial score (nSPS) is 51.1. The van der Waals surface area contributed by atoms with Crippen LogP contribution in [0.15, 0.2) is 0 Å². The fraction of sp³-hybridized carbons (Fsp3) is 0.941. The van der Waals surface area contributed by atoms with Crippen LogP contribution in [0, 0.1) is 40.4 Å². The summed E-state index contributed by atoms with van der Waals surface area (Å²) in [6.07, 6.45) is 5.65. The van der Waals surface area contributed by atoms with Gasteiger partial charge in [0.1, 0.15) is 0 Å². The Hall–Kier alpha value is -0.530. The van der Waals surface area contributed by atoms with E-state index in [0.29, 0.717) is 29.1 Å². The van der Waals surface area contributed by atoms with Crippen LogP contribution in [0.3, 0.4) is 0 Å². The highest BCUT2D eigenvalue weighted by Gasteiger charge is 2.66. The fourth-order valence-electron chi connectivity index (χ4n) is 6.50. The second kappa shape index (κ2) is 3.99. The van der Waals surface area contributed by atoms with E-state index in [1.807, 2.05) is 0 Å². The minimum absolute atomic E-state index is 0.384. The van der Waals surface area contributed by atoms with Crippen molar-refractivity contribution in [3.8, 4) is 0 Å². The van der Waals surface area contributed by atoms with Crippen LogP contribution in [-0.4, -0.2) is 11.1 Å². The van der Waals surface area contributed by atoms with Crippen molar-refractivity contribution in [2.75, 3.05) is 0 Å². The first kappa shape index (κ1) is 13.5. The predicted molar refractivity (Wildman–Crippen MR) is 75.7 cm³/mol. The van der Waals surface area contributed by atoms with Crippen LogP contribution in [0.25, 0.3) is 0 Å². The highest BCUT2D eigenvalue weighted by Crippen LogP contribution is 2.73. The van der Waals surface area contributed by atoms with Crippen molar-refractivity contribution in [2.24, 2.45) is 40.4 Å². The molecule has 19 heavy (non-hydrogen) atoms. The first-order chi connectivity index (χ1) is 8.79. The van der Waals surface area contributed by atoms with Crippen LogP contribution >= 0.6 is 0 Å². The summed E-state index contributed by atoms with van der Waals surface area (Å²) in [5, 5.41) is 9.21. The average molecular weight is 264 g/mol. The van der Waals surface area contributed by atoms with Gasteiger partial charge in [0.25, 0.3) is 0 Å². The van der Waals surface area contributed by atoms with Gasteiger partial charge in [0.2, 0.25) is 0 Å². The number of fused-ring (bicyclic) bond motifs is 1. The molecule has 6 atom stereocenters. The Morgan fingerprint density at radius 1 is 1.21 bits per heavy atom. The summed E-state index contributed by atoms with van der Waals surface area (Å²) >= 11 is 0. The molecule has 0 heterocycles. The van der Waals surface area contributed by atoms with E-state index in [0.717, 1.165) is 17.8 Å². The lowest BCUT2D eigenvalue weighted by Gasteiger charge is -2.44. The van der Waals surface area contributed by atoms with Gasteiger partial charge in [0.15, 0.2) is 0 Å². The zero-order chi connectivity index (χ0) is 14.0. The van der Waals surface area contributed by atoms with Crippen LogP contribution in [0.1, 0.15) is 59.8 Å². The van der Waals surface area contributed by atoms with Gasteiger partial charge in [0.05, 0.1) is 0 Å². The summed E-state index contributed by atoms with van der Waals surface area (Å²) in [5.74, 6) is 2.75. The van der Waals surface area contributed by atoms with Crippen molar-refractivity contribution in [1.82, 2.24) is 0 Å². The van der Waals surface area contributed by atoms with Gasteiger partial charge in [-0.25, -0.2) is 0 Å². The molecule has 108 valence electrons. The quantitative estimate of drug-likeness (QED) is 0.811. The number of carboxylic acids is 1. The largest absolute Gasteiger partial charge is 0.481 e. The average Bonchev–Trinajstić information content (AvgIpc) is 2.70. The summed E-state index contributed by atoms with van der Waals surface area (Å²) in [4.78, 5) is 11.2. The fourth-order valence-corrected chi connectivity index (χ4v) is 6.50. The number of aliphatic carboxylic acids is 1. The van der Waals surface area contributed by atoms with Crippen molar-refractivity contribution in [3.63, 3.8) is 0 Å². The highest BCUT2D eigenvalue weighted by molar-refractivity contribution is 5.67. The topological polar surface area (TPSA) is 37.3 Å². The maximum Gasteiger partial charge on any atom is 0.303 e. The third-order valence-corrected chi connectivity index (χ3v) is 7.47. The third-order valence-electron chi connectivity index (χ3n) is 7.47. The molecule has 0 aromatic rings. The summed E-state index contributed by atoms with van der Waals surface area (Å²) in [6.45, 7) is 9.66. The van der Waals surface area contributed by atoms with E-state index in [2.05, 4.69) is 27.7 Å². The van der Waals surface area contributed by atoms with E-state index < -0.39 is 5.97 Å². The summed E-state index contributed by atoms with van der Waals surface area (Å²) < 4.78 is 0. The van der Waals surface area contributed by atoms with Crippen molar-refractivity contribution >= 4 is 5.97 Å². The van der Waals surface area contributed by atoms with Crippen LogP contribution in [0.4, 0.5) is 0 Å². The lowest BCUT2D eigenvalue weighted by atomic mass is 9.61. The van der Waals surface area contributed by atoms with Gasteiger partial charge in [-0.1, -0.05) is 27.7 Å². The zero-order valence-electron chi connectivity index (χ0n) is 12.8. The molecule has 3 aliphatic carbocycles. The van der Waals surface area contributed by atoms with Crippen molar-refractivity contribution < 1.29 is 9.90 Å². The maximum absolute atomic E-state index is 11.2. The number of rotatable bonds is 2. The number of carbonyl (C=O) groups is 1. The Kier molecular flexibility index (Phi) is 2.82. The van der Waals surface area contributed by atoms with Gasteiger partial charge in [-0.05, 0) is 66.1 Å². The molecule has 0 amide bonds. The lowest BCUT2D eigenvalue weighted by molar-refractivity contribution is -0.139. The van der Waals surface area contributed by atoms with Crippen LogP contribution < -0.4 is 0 Å². The lowest BCUT2D eigenvalue weighted by Crippen LogP contribution is -2.37. The molecule has 0 aromatic heterocycles. The van der Waals surface area contributed by atoms with Gasteiger partial charge in [0, 0.05) is 6.42 Å². The number of carboxylic acid groups (broad SMARTS) is 1. The van der Waals surface area contributed by atoms with Gasteiger partial charge < -0.3 is 5.11 Å². The van der Waals surface area contributed by atoms with Gasteiger partial charge in [-0.15, -0.1) is 0 Å². The second-order valence-electron chi connectivity index (χ2n) is 8.32. The molecule has 2 bridgehead atoms.